The number of benzene rings is 5. The number of aromatic hydroxyl groups is 2. The van der Waals surface area contributed by atoms with Crippen LogP contribution in [0, 0.1) is 19.8 Å². The van der Waals surface area contributed by atoms with Crippen LogP contribution in [0.2, 0.25) is 5.02 Å². The number of nitrogens with zero attached hydrogens (tertiary/aromatic N) is 1. The van der Waals surface area contributed by atoms with Crippen molar-refractivity contribution >= 4 is 65.0 Å². The number of carbonyl (C=O) groups is 9. The molecule has 1 saturated heterocycles. The molecule has 0 saturated carbocycles. The Morgan fingerprint density at radius 2 is 1.30 bits per heavy atom. The van der Waals surface area contributed by atoms with Crippen molar-refractivity contribution in [1.82, 2.24) is 42.1 Å². The molecule has 17 N–H and O–H groups in total. The zero-order chi connectivity index (χ0) is 74.1. The second kappa shape index (κ2) is 30.5. The molecule has 1 fully saturated rings. The van der Waals surface area contributed by atoms with Gasteiger partial charge in [-0.2, -0.15) is 0 Å². The lowest BCUT2D eigenvalue weighted by Gasteiger charge is -2.39. The number of hydrogen-bond acceptors (Lipinski definition) is 22. The number of amides is 9. The summed E-state index contributed by atoms with van der Waals surface area (Å²) >= 11 is 7.05. The third-order valence-corrected chi connectivity index (χ3v) is 17.4. The van der Waals surface area contributed by atoms with Crippen LogP contribution in [-0.2, 0) is 47.8 Å². The van der Waals surface area contributed by atoms with Crippen molar-refractivity contribution in [3.63, 3.8) is 0 Å². The number of phenols is 2. The molecule has 0 spiro atoms. The molecule has 9 amide bonds. The van der Waals surface area contributed by atoms with Crippen molar-refractivity contribution in [3.05, 3.63) is 123 Å². The summed E-state index contributed by atoms with van der Waals surface area (Å²) in [7, 11) is 1.29. The van der Waals surface area contributed by atoms with Crippen molar-refractivity contribution in [2.24, 2.45) is 11.7 Å². The number of nitrogens with one attached hydrogen (secondary N) is 7. The summed E-state index contributed by atoms with van der Waals surface area (Å²) in [5, 5.41) is 109. The largest absolute Gasteiger partial charge is 0.508 e. The topological polar surface area (TPSA) is 475 Å². The SMILES string of the molecule is Cc1cc2ccc1Oc1cc3cc(c1O[C@@H]1O[C@H](CO)[C@@H](O)[C@H](O)[C@H]1O)Oc1ccc(cc1Cl)[C@@H](O)[C@@H]1NC(=O)[C@H](NC(=O)[C@@H]3NC(=O)[C@H](CC(N)=O)NC(=O)[C@H](NC(=O)[C@@H](CC(C)C)N(C)C(=O)OC(C)(C)C)[C@@H]2O)c2ccc(O)c(c2)-c2c(C)cc(O)cc2[C@@H](C(=O)NC(C)C)NC1=O. The zero-order valence-corrected chi connectivity index (χ0v) is 57.3. The molecule has 0 aromatic heterocycles. The van der Waals surface area contributed by atoms with Crippen LogP contribution in [0.15, 0.2) is 78.9 Å². The minimum atomic E-state index is -2.27. The predicted molar refractivity (Wildman–Crippen MR) is 356 cm³/mol. The Bertz CT molecular complexity index is 4070. The molecule has 0 radical (unpaired) electrons. The van der Waals surface area contributed by atoms with Gasteiger partial charge in [-0.3, -0.25) is 43.3 Å². The lowest BCUT2D eigenvalue weighted by atomic mass is 9.87. The Kier molecular flexibility index (Phi) is 22.8. The maximum atomic E-state index is 16.0. The quantitative estimate of drug-likeness (QED) is 0.0851. The number of likely N-dealkylation sites (N-methyl/N-ethyl adjacent to an activating group) is 1. The summed E-state index contributed by atoms with van der Waals surface area (Å²) in [6, 6.07) is 1.22. The first-order valence-corrected chi connectivity index (χ1v) is 32.6. The molecule has 11 rings (SSSR count). The number of aliphatic hydroxyl groups is 6. The highest BCUT2D eigenvalue weighted by molar-refractivity contribution is 6.32. The molecular weight excluding hydrogens is 1340 g/mol. The molecule has 0 aliphatic carbocycles. The maximum Gasteiger partial charge on any atom is 0.410 e. The molecular formula is C69H82ClN9O22. The van der Waals surface area contributed by atoms with E-state index in [-0.39, 0.29) is 79.1 Å². The minimum absolute atomic E-state index is 0.0198. The highest BCUT2D eigenvalue weighted by Crippen LogP contribution is 2.48. The van der Waals surface area contributed by atoms with Gasteiger partial charge in [0.05, 0.1) is 18.1 Å². The van der Waals surface area contributed by atoms with Crippen LogP contribution < -0.4 is 57.2 Å². The predicted octanol–water partition coefficient (Wildman–Crippen LogP) is 2.21. The lowest BCUT2D eigenvalue weighted by Crippen LogP contribution is -2.60. The number of rotatable bonds is 12. The highest BCUT2D eigenvalue weighted by Gasteiger charge is 2.47. The number of fused-ring (bicyclic) bond motifs is 15. The molecule has 6 heterocycles. The van der Waals surface area contributed by atoms with E-state index in [4.69, 9.17) is 41.0 Å². The summed E-state index contributed by atoms with van der Waals surface area (Å²) in [5.41, 5.74) is 4.08. The fourth-order valence-corrected chi connectivity index (χ4v) is 12.3. The van der Waals surface area contributed by atoms with Crippen molar-refractivity contribution < 1.29 is 108 Å². The molecule has 31 nitrogen and oxygen atoms in total. The molecule has 101 heavy (non-hydrogen) atoms. The average molecular weight is 1420 g/mol. The van der Waals surface area contributed by atoms with Gasteiger partial charge in [-0.1, -0.05) is 43.6 Å². The van der Waals surface area contributed by atoms with Crippen LogP contribution >= 0.6 is 11.6 Å². The molecule has 11 bridgehead atoms. The normalized spacial score (nSPS) is 24.9. The van der Waals surface area contributed by atoms with Crippen LogP contribution in [0.3, 0.4) is 0 Å². The zero-order valence-electron chi connectivity index (χ0n) is 56.6. The lowest BCUT2D eigenvalue weighted by molar-refractivity contribution is -0.277. The van der Waals surface area contributed by atoms with Gasteiger partial charge in [-0.15, -0.1) is 0 Å². The fraction of sp³-hybridized carbons (Fsp3) is 0.435. The summed E-state index contributed by atoms with van der Waals surface area (Å²) in [5.74, 6) is -13.0. The van der Waals surface area contributed by atoms with E-state index in [1.165, 1.54) is 69.4 Å². The molecule has 0 unspecified atom stereocenters. The second-order valence-electron chi connectivity index (χ2n) is 26.9. The number of primary amides is 1. The van der Waals surface area contributed by atoms with Gasteiger partial charge in [-0.25, -0.2) is 4.79 Å². The van der Waals surface area contributed by atoms with Crippen LogP contribution in [-0.4, -0.2) is 179 Å². The Labute approximate surface area is 583 Å². The number of hydrogen-bond donors (Lipinski definition) is 16. The van der Waals surface area contributed by atoms with E-state index in [0.717, 1.165) is 35.2 Å². The van der Waals surface area contributed by atoms with Crippen molar-refractivity contribution in [2.75, 3.05) is 13.7 Å². The average Bonchev–Trinajstić information content (AvgIpc) is 0.767. The first kappa shape index (κ1) is 75.3. The Morgan fingerprint density at radius 1 is 0.683 bits per heavy atom. The minimum Gasteiger partial charge on any atom is -0.508 e. The number of nitrogens with two attached hydrogens (primary N) is 1. The van der Waals surface area contributed by atoms with Crippen molar-refractivity contribution in [1.29, 1.82) is 0 Å². The van der Waals surface area contributed by atoms with Gasteiger partial charge in [0.2, 0.25) is 59.3 Å². The molecule has 14 atom stereocenters. The van der Waals surface area contributed by atoms with Crippen LogP contribution in [0.1, 0.15) is 131 Å². The number of carbonyl (C=O) groups excluding carboxylic acids is 9. The number of halogens is 1. The van der Waals surface area contributed by atoms with E-state index in [9.17, 15) is 60.0 Å². The Hall–Kier alpha value is -9.86. The number of aryl methyl sites for hydroxylation is 2. The Balaban J connectivity index is 1.30. The molecule has 6 aliphatic heterocycles. The van der Waals surface area contributed by atoms with Gasteiger partial charge in [0.15, 0.2) is 11.5 Å². The van der Waals surface area contributed by atoms with E-state index in [1.807, 2.05) is 0 Å². The van der Waals surface area contributed by atoms with Gasteiger partial charge in [0.1, 0.15) is 108 Å². The second-order valence-corrected chi connectivity index (χ2v) is 27.3. The molecule has 542 valence electrons. The third-order valence-electron chi connectivity index (χ3n) is 17.1. The van der Waals surface area contributed by atoms with Crippen molar-refractivity contribution in [2.45, 2.75) is 172 Å². The van der Waals surface area contributed by atoms with Gasteiger partial charge in [-0.05, 0) is 166 Å². The van der Waals surface area contributed by atoms with Gasteiger partial charge in [0, 0.05) is 18.7 Å². The third kappa shape index (κ3) is 16.8. The van der Waals surface area contributed by atoms with Gasteiger partial charge >= 0.3 is 6.09 Å². The fourth-order valence-electron chi connectivity index (χ4n) is 12.0. The number of phenolic OH excluding ortho intramolecular Hbond substituents is 2. The molecule has 5 aromatic rings. The summed E-state index contributed by atoms with van der Waals surface area (Å²) < 4.78 is 30.9. The van der Waals surface area contributed by atoms with Crippen LogP contribution in [0.25, 0.3) is 11.1 Å². The molecule has 32 heteroatoms. The molecule has 6 aliphatic rings. The summed E-state index contributed by atoms with van der Waals surface area (Å²) in [4.78, 5) is 134. The van der Waals surface area contributed by atoms with E-state index in [2.05, 4.69) is 37.2 Å². The van der Waals surface area contributed by atoms with E-state index in [0.29, 0.717) is 0 Å². The van der Waals surface area contributed by atoms with E-state index >= 15 is 24.0 Å². The standard InChI is InChI=1S/C69H82ClN9O22/c1-27(2)17-40(79(10)68(96)101-69(7,8)9)61(90)77-52-54(84)32-12-15-42(29(5)18-32)97-44-22-34-23-45(59(44)100-67-58(88)57(87)56(86)46(26-80)99-67)98-43-16-13-33(21-38(43)70)55(85)53-66(95)76-51(64(93)72-28(3)4)37-24-35(81)19-30(6)48(37)36-20-31(11-14-41(36)82)49(62(91)78-53)75-63(92)50(34)74-60(89)39(25-47(71)83)73-65(52)94/h11-16,18-24,27-28,39-40,46,49-58,67,80-82,84-88H,17,25-26H2,1-10H3,(H2,71,83)(H,72,93)(H,73,94)(H,74,89)(H,75,92)(H,76,95)(H,77,90)(H,78,91)/t39-,40+,46+,49+,50+,51-,52+,53-,54+,55+,56+,57-,58+,67-/m0/s1. The maximum absolute atomic E-state index is 16.0. The van der Waals surface area contributed by atoms with Gasteiger partial charge < -0.3 is 107 Å². The Morgan fingerprint density at radius 3 is 1.91 bits per heavy atom. The smallest absolute Gasteiger partial charge is 0.410 e. The summed E-state index contributed by atoms with van der Waals surface area (Å²) in [6.45, 7) is 13.7. The first-order valence-electron chi connectivity index (χ1n) is 32.2. The summed E-state index contributed by atoms with van der Waals surface area (Å²) in [6.07, 6.45) is -15.9. The van der Waals surface area contributed by atoms with E-state index in [1.54, 1.807) is 48.5 Å². The molecule has 5 aromatic carbocycles. The number of ether oxygens (including phenoxy) is 5. The first-order chi connectivity index (χ1) is 47.4. The number of aliphatic hydroxyl groups excluding tert-OH is 6. The van der Waals surface area contributed by atoms with Crippen LogP contribution in [0.4, 0.5) is 4.79 Å². The monoisotopic (exact) mass is 1420 g/mol. The van der Waals surface area contributed by atoms with Gasteiger partial charge in [0.25, 0.3) is 0 Å². The van der Waals surface area contributed by atoms with Crippen molar-refractivity contribution in [3.8, 4) is 51.4 Å². The van der Waals surface area contributed by atoms with E-state index < -0.39 is 192 Å². The van der Waals surface area contributed by atoms with Crippen LogP contribution in [0.5, 0.6) is 40.2 Å². The highest BCUT2D eigenvalue weighted by atomic mass is 35.5.